The molecule has 0 radical (unpaired) electrons. The van der Waals surface area contributed by atoms with Gasteiger partial charge in [-0.1, -0.05) is 90.2 Å². The van der Waals surface area contributed by atoms with E-state index in [0.717, 1.165) is 60.7 Å². The average molecular weight is 753 g/mol. The lowest BCUT2D eigenvalue weighted by Crippen LogP contribution is -2.38. The SMILES string of the molecule is O=c1/c(=C/c2cc(Br)c(OCc3cccc4ccccc34)c(Br)c2)sc2n1[C@H](c1ccc(F)cc1)C1=C(N=2)c2ccccc2CC1. The second-order valence-electron chi connectivity index (χ2n) is 11.4. The molecule has 4 nitrogen and oxygen atoms in total. The molecule has 1 aliphatic carbocycles. The topological polar surface area (TPSA) is 43.6 Å². The summed E-state index contributed by atoms with van der Waals surface area (Å²) in [6.45, 7) is 0.410. The Bertz CT molecular complexity index is 2370. The maximum atomic E-state index is 14.1. The molecular formula is C38H25Br2FN2O2S. The van der Waals surface area contributed by atoms with Crippen LogP contribution < -0.4 is 19.6 Å². The molecule has 0 unspecified atom stereocenters. The first-order valence-electron chi connectivity index (χ1n) is 14.9. The fourth-order valence-electron chi connectivity index (χ4n) is 6.49. The molecule has 1 atom stereocenters. The number of thiazole rings is 1. The lowest BCUT2D eigenvalue weighted by atomic mass is 9.83. The van der Waals surface area contributed by atoms with Gasteiger partial charge in [0.25, 0.3) is 5.56 Å². The third-order valence-corrected chi connectivity index (χ3v) is 10.8. The molecule has 46 heavy (non-hydrogen) atoms. The molecule has 0 amide bonds. The van der Waals surface area contributed by atoms with Crippen molar-refractivity contribution in [3.63, 3.8) is 0 Å². The molecule has 1 aromatic heterocycles. The quantitative estimate of drug-likeness (QED) is 0.177. The summed E-state index contributed by atoms with van der Waals surface area (Å²) in [6, 6.07) is 32.8. The summed E-state index contributed by atoms with van der Waals surface area (Å²) in [4.78, 5) is 19.8. The van der Waals surface area contributed by atoms with E-state index < -0.39 is 0 Å². The summed E-state index contributed by atoms with van der Waals surface area (Å²) in [5, 5.41) is 2.33. The summed E-state index contributed by atoms with van der Waals surface area (Å²) >= 11 is 8.78. The van der Waals surface area contributed by atoms with E-state index in [1.807, 2.05) is 42.5 Å². The lowest BCUT2D eigenvalue weighted by Gasteiger charge is -2.30. The van der Waals surface area contributed by atoms with Crippen molar-refractivity contribution in [3.8, 4) is 5.75 Å². The van der Waals surface area contributed by atoms with Gasteiger partial charge in [0.15, 0.2) is 4.80 Å². The van der Waals surface area contributed by atoms with E-state index in [9.17, 15) is 9.18 Å². The standard InChI is InChI=1S/C38H25Br2FN2O2S/c39-31-18-22(19-32(40)36(31)45-21-26-9-5-8-23-6-1-3-10-28(23)26)20-33-37(44)43-35(25-12-15-27(41)16-13-25)30-17-14-24-7-2-4-11-29(24)34(30)42-38(43)46-33/h1-13,15-16,18-20,35H,14,17,21H2/b33-20-/t35-/m1/s1. The summed E-state index contributed by atoms with van der Waals surface area (Å²) in [6.07, 6.45) is 3.54. The number of benzene rings is 5. The minimum Gasteiger partial charge on any atom is -0.487 e. The fraction of sp³-hybridized carbons (Fsp3) is 0.105. The maximum Gasteiger partial charge on any atom is 0.271 e. The van der Waals surface area contributed by atoms with Crippen LogP contribution >= 0.6 is 43.2 Å². The summed E-state index contributed by atoms with van der Waals surface area (Å²) < 4.78 is 24.2. The van der Waals surface area contributed by atoms with Gasteiger partial charge in [0, 0.05) is 5.56 Å². The highest BCUT2D eigenvalue weighted by molar-refractivity contribution is 9.11. The fourth-order valence-corrected chi connectivity index (χ4v) is 8.94. The molecule has 8 heteroatoms. The van der Waals surface area contributed by atoms with Crippen LogP contribution in [0, 0.1) is 5.82 Å². The van der Waals surface area contributed by atoms with Crippen LogP contribution in [0.2, 0.25) is 0 Å². The first-order valence-corrected chi connectivity index (χ1v) is 17.3. The van der Waals surface area contributed by atoms with Crippen molar-refractivity contribution in [1.29, 1.82) is 0 Å². The third kappa shape index (κ3) is 5.18. The van der Waals surface area contributed by atoms with Gasteiger partial charge in [-0.3, -0.25) is 9.36 Å². The van der Waals surface area contributed by atoms with Crippen LogP contribution in [-0.4, -0.2) is 4.57 Å². The van der Waals surface area contributed by atoms with Crippen LogP contribution in [0.4, 0.5) is 4.39 Å². The Balaban J connectivity index is 1.19. The first-order chi connectivity index (χ1) is 22.4. The largest absolute Gasteiger partial charge is 0.487 e. The monoisotopic (exact) mass is 750 g/mol. The molecule has 226 valence electrons. The number of nitrogens with zero attached hydrogens (tertiary/aromatic N) is 2. The number of aryl methyl sites for hydroxylation is 1. The van der Waals surface area contributed by atoms with Crippen LogP contribution in [0.25, 0.3) is 22.5 Å². The number of fused-ring (bicyclic) bond motifs is 4. The Hall–Kier alpha value is -4.11. The van der Waals surface area contributed by atoms with Crippen LogP contribution in [0.15, 0.2) is 127 Å². The van der Waals surface area contributed by atoms with E-state index in [2.05, 4.69) is 74.3 Å². The van der Waals surface area contributed by atoms with E-state index in [1.165, 1.54) is 34.4 Å². The van der Waals surface area contributed by atoms with E-state index in [0.29, 0.717) is 21.7 Å². The molecule has 5 aromatic carbocycles. The molecule has 2 aliphatic rings. The second-order valence-corrected chi connectivity index (χ2v) is 14.1. The van der Waals surface area contributed by atoms with Gasteiger partial charge in [0.2, 0.25) is 0 Å². The Morgan fingerprint density at radius 1 is 0.913 bits per heavy atom. The summed E-state index contributed by atoms with van der Waals surface area (Å²) in [7, 11) is 0. The molecule has 0 fully saturated rings. The van der Waals surface area contributed by atoms with Crippen molar-refractivity contribution >= 4 is 65.7 Å². The zero-order valence-electron chi connectivity index (χ0n) is 24.3. The van der Waals surface area contributed by atoms with Crippen LogP contribution in [-0.2, 0) is 13.0 Å². The van der Waals surface area contributed by atoms with Crippen molar-refractivity contribution in [2.45, 2.75) is 25.5 Å². The predicted octanol–water partition coefficient (Wildman–Crippen LogP) is 8.72. The number of allylic oxidation sites excluding steroid dienone is 1. The molecule has 0 bridgehead atoms. The number of hydrogen-bond acceptors (Lipinski definition) is 4. The average Bonchev–Trinajstić information content (AvgIpc) is 3.37. The van der Waals surface area contributed by atoms with E-state index in [1.54, 1.807) is 16.7 Å². The molecule has 0 saturated heterocycles. The van der Waals surface area contributed by atoms with Crippen LogP contribution in [0.5, 0.6) is 5.75 Å². The molecule has 6 aromatic rings. The number of halogens is 3. The van der Waals surface area contributed by atoms with Gasteiger partial charge < -0.3 is 4.74 Å². The van der Waals surface area contributed by atoms with Crippen molar-refractivity contribution in [1.82, 2.24) is 4.57 Å². The van der Waals surface area contributed by atoms with Crippen LogP contribution in [0.3, 0.4) is 0 Å². The van der Waals surface area contributed by atoms with Crippen molar-refractivity contribution < 1.29 is 9.13 Å². The van der Waals surface area contributed by atoms with Crippen LogP contribution in [0.1, 0.15) is 40.3 Å². The predicted molar refractivity (Wildman–Crippen MR) is 189 cm³/mol. The Kier molecular flexibility index (Phi) is 7.59. The summed E-state index contributed by atoms with van der Waals surface area (Å²) in [5.74, 6) is 0.384. The van der Waals surface area contributed by atoms with Crippen molar-refractivity contribution in [3.05, 3.63) is 171 Å². The maximum absolute atomic E-state index is 14.1. The minimum atomic E-state index is -0.356. The lowest BCUT2D eigenvalue weighted by molar-refractivity contribution is 0.303. The zero-order valence-corrected chi connectivity index (χ0v) is 28.3. The van der Waals surface area contributed by atoms with Gasteiger partial charge in [0.1, 0.15) is 18.2 Å². The second kappa shape index (κ2) is 11.9. The zero-order chi connectivity index (χ0) is 31.4. The highest BCUT2D eigenvalue weighted by Gasteiger charge is 2.32. The number of ether oxygens (including phenoxy) is 1. The Morgan fingerprint density at radius 2 is 1.65 bits per heavy atom. The molecule has 2 heterocycles. The minimum absolute atomic E-state index is 0.119. The molecular weight excluding hydrogens is 727 g/mol. The van der Waals surface area contributed by atoms with Gasteiger partial charge in [-0.05, 0) is 114 Å². The summed E-state index contributed by atoms with van der Waals surface area (Å²) in [5.41, 5.74) is 7.04. The molecule has 0 spiro atoms. The van der Waals surface area contributed by atoms with Gasteiger partial charge >= 0.3 is 0 Å². The number of hydrogen-bond donors (Lipinski definition) is 0. The van der Waals surface area contributed by atoms with Crippen molar-refractivity contribution in [2.24, 2.45) is 4.99 Å². The molecule has 0 N–H and O–H groups in total. The van der Waals surface area contributed by atoms with Crippen molar-refractivity contribution in [2.75, 3.05) is 0 Å². The Morgan fingerprint density at radius 3 is 2.48 bits per heavy atom. The van der Waals surface area contributed by atoms with Gasteiger partial charge in [-0.15, -0.1) is 0 Å². The van der Waals surface area contributed by atoms with E-state index in [-0.39, 0.29) is 17.4 Å². The van der Waals surface area contributed by atoms with E-state index in [4.69, 9.17) is 9.73 Å². The highest BCUT2D eigenvalue weighted by atomic mass is 79.9. The number of rotatable bonds is 5. The van der Waals surface area contributed by atoms with Gasteiger partial charge in [-0.2, -0.15) is 0 Å². The Labute approximate surface area is 285 Å². The van der Waals surface area contributed by atoms with Gasteiger partial charge in [0.05, 0.1) is 25.2 Å². The molecule has 0 saturated carbocycles. The first kappa shape index (κ1) is 29.3. The highest BCUT2D eigenvalue weighted by Crippen LogP contribution is 2.41. The third-order valence-electron chi connectivity index (χ3n) is 8.63. The van der Waals surface area contributed by atoms with Gasteiger partial charge in [-0.25, -0.2) is 9.38 Å². The number of aromatic nitrogens is 1. The normalized spacial score (nSPS) is 15.7. The molecule has 1 aliphatic heterocycles. The smallest absolute Gasteiger partial charge is 0.271 e. The molecule has 8 rings (SSSR count). The van der Waals surface area contributed by atoms with E-state index >= 15 is 0 Å².